The van der Waals surface area contributed by atoms with Gasteiger partial charge in [-0.05, 0) is 37.3 Å². The molecule has 1 aromatic carbocycles. The molecular formula is C17H22N2S. The SMILES string of the molecule is CC1CN(C2CC2)CCN1Cc1cc2ccccc2s1. The van der Waals surface area contributed by atoms with Crippen molar-refractivity contribution in [3.8, 4) is 0 Å². The number of hydrogen-bond acceptors (Lipinski definition) is 3. The minimum atomic E-state index is 0.689. The molecule has 1 aromatic heterocycles. The number of benzene rings is 1. The molecule has 1 atom stereocenters. The Hall–Kier alpha value is -0.900. The summed E-state index contributed by atoms with van der Waals surface area (Å²) in [6, 6.07) is 12.7. The normalized spacial score (nSPS) is 25.4. The molecule has 1 aliphatic carbocycles. The average Bonchev–Trinajstić information content (AvgIpc) is 3.21. The maximum atomic E-state index is 2.70. The van der Waals surface area contributed by atoms with Crippen molar-refractivity contribution < 1.29 is 0 Å². The Morgan fingerprint density at radius 2 is 2.05 bits per heavy atom. The Morgan fingerprint density at radius 3 is 2.80 bits per heavy atom. The predicted octanol–water partition coefficient (Wildman–Crippen LogP) is 3.57. The summed E-state index contributed by atoms with van der Waals surface area (Å²) in [5.74, 6) is 0. The van der Waals surface area contributed by atoms with E-state index in [0.29, 0.717) is 6.04 Å². The van der Waals surface area contributed by atoms with Gasteiger partial charge in [0.1, 0.15) is 0 Å². The second-order valence-corrected chi connectivity index (χ2v) is 7.46. The van der Waals surface area contributed by atoms with E-state index >= 15 is 0 Å². The third-order valence-corrected chi connectivity index (χ3v) is 5.80. The first kappa shape index (κ1) is 12.8. The molecule has 1 aliphatic heterocycles. The summed E-state index contributed by atoms with van der Waals surface area (Å²) >= 11 is 1.96. The van der Waals surface area contributed by atoms with E-state index in [4.69, 9.17) is 0 Å². The first-order valence-electron chi connectivity index (χ1n) is 7.75. The van der Waals surface area contributed by atoms with Crippen molar-refractivity contribution in [1.82, 2.24) is 9.80 Å². The molecule has 4 rings (SSSR count). The van der Waals surface area contributed by atoms with Gasteiger partial charge in [0.15, 0.2) is 0 Å². The highest BCUT2D eigenvalue weighted by atomic mass is 32.1. The lowest BCUT2D eigenvalue weighted by Gasteiger charge is -2.39. The highest BCUT2D eigenvalue weighted by Crippen LogP contribution is 2.30. The van der Waals surface area contributed by atoms with Crippen molar-refractivity contribution in [1.29, 1.82) is 0 Å². The van der Waals surface area contributed by atoms with E-state index in [1.807, 2.05) is 11.3 Å². The zero-order valence-electron chi connectivity index (χ0n) is 12.1. The molecular weight excluding hydrogens is 264 g/mol. The van der Waals surface area contributed by atoms with E-state index in [1.165, 1.54) is 47.4 Å². The van der Waals surface area contributed by atoms with Crippen LogP contribution in [0.5, 0.6) is 0 Å². The lowest BCUT2D eigenvalue weighted by Crippen LogP contribution is -2.51. The largest absolute Gasteiger partial charge is 0.298 e. The molecule has 3 heteroatoms. The minimum Gasteiger partial charge on any atom is -0.298 e. The number of hydrogen-bond donors (Lipinski definition) is 0. The Morgan fingerprint density at radius 1 is 1.20 bits per heavy atom. The highest BCUT2D eigenvalue weighted by Gasteiger charge is 2.33. The van der Waals surface area contributed by atoms with Gasteiger partial charge < -0.3 is 0 Å². The lowest BCUT2D eigenvalue weighted by atomic mass is 10.1. The van der Waals surface area contributed by atoms with Crippen LogP contribution < -0.4 is 0 Å². The van der Waals surface area contributed by atoms with Crippen molar-refractivity contribution in [2.24, 2.45) is 0 Å². The highest BCUT2D eigenvalue weighted by molar-refractivity contribution is 7.19. The van der Waals surface area contributed by atoms with Crippen molar-refractivity contribution in [3.63, 3.8) is 0 Å². The fraction of sp³-hybridized carbons (Fsp3) is 0.529. The smallest absolute Gasteiger partial charge is 0.0346 e. The van der Waals surface area contributed by atoms with Gasteiger partial charge in [0.05, 0.1) is 0 Å². The van der Waals surface area contributed by atoms with Crippen LogP contribution in [0.25, 0.3) is 10.1 Å². The van der Waals surface area contributed by atoms with Crippen LogP contribution in [0.3, 0.4) is 0 Å². The van der Waals surface area contributed by atoms with Gasteiger partial charge in [-0.2, -0.15) is 0 Å². The molecule has 20 heavy (non-hydrogen) atoms. The molecule has 1 saturated heterocycles. The van der Waals surface area contributed by atoms with E-state index in [-0.39, 0.29) is 0 Å². The third-order valence-electron chi connectivity index (χ3n) is 4.70. The van der Waals surface area contributed by atoms with Crippen LogP contribution in [-0.4, -0.2) is 41.5 Å². The quantitative estimate of drug-likeness (QED) is 0.851. The minimum absolute atomic E-state index is 0.689. The van der Waals surface area contributed by atoms with Crippen LogP contribution in [0.2, 0.25) is 0 Å². The number of rotatable bonds is 3. The van der Waals surface area contributed by atoms with Crippen molar-refractivity contribution in [2.75, 3.05) is 19.6 Å². The van der Waals surface area contributed by atoms with E-state index in [9.17, 15) is 0 Å². The van der Waals surface area contributed by atoms with E-state index < -0.39 is 0 Å². The van der Waals surface area contributed by atoms with Gasteiger partial charge in [-0.25, -0.2) is 0 Å². The average molecular weight is 286 g/mol. The third kappa shape index (κ3) is 2.50. The van der Waals surface area contributed by atoms with Crippen LogP contribution in [-0.2, 0) is 6.54 Å². The summed E-state index contributed by atoms with van der Waals surface area (Å²) in [7, 11) is 0. The number of nitrogens with zero attached hydrogens (tertiary/aromatic N) is 2. The molecule has 2 aliphatic rings. The van der Waals surface area contributed by atoms with E-state index in [0.717, 1.165) is 12.6 Å². The van der Waals surface area contributed by atoms with Gasteiger partial charge in [-0.3, -0.25) is 9.80 Å². The standard InChI is InChI=1S/C17H22N2S/c1-13-11-19(15-6-7-15)9-8-18(13)12-16-10-14-4-2-3-5-17(14)20-16/h2-5,10,13,15H,6-9,11-12H2,1H3. The summed E-state index contributed by atoms with van der Waals surface area (Å²) in [6.45, 7) is 7.27. The van der Waals surface area contributed by atoms with Gasteiger partial charge in [0, 0.05) is 47.8 Å². The van der Waals surface area contributed by atoms with Crippen molar-refractivity contribution in [3.05, 3.63) is 35.2 Å². The van der Waals surface area contributed by atoms with Gasteiger partial charge >= 0.3 is 0 Å². The van der Waals surface area contributed by atoms with Crippen molar-refractivity contribution in [2.45, 2.75) is 38.4 Å². The first-order valence-corrected chi connectivity index (χ1v) is 8.57. The van der Waals surface area contributed by atoms with Crippen LogP contribution >= 0.6 is 11.3 Å². The summed E-state index contributed by atoms with van der Waals surface area (Å²) in [5, 5.41) is 1.40. The number of fused-ring (bicyclic) bond motifs is 1. The van der Waals surface area contributed by atoms with E-state index in [1.54, 1.807) is 0 Å². The molecule has 0 spiro atoms. The molecule has 2 heterocycles. The van der Waals surface area contributed by atoms with Crippen LogP contribution in [0, 0.1) is 0 Å². The molecule has 1 unspecified atom stereocenters. The van der Waals surface area contributed by atoms with Crippen LogP contribution in [0.1, 0.15) is 24.6 Å². The number of piperazine rings is 1. The molecule has 1 saturated carbocycles. The fourth-order valence-electron chi connectivity index (χ4n) is 3.34. The topological polar surface area (TPSA) is 6.48 Å². The lowest BCUT2D eigenvalue weighted by molar-refractivity contribution is 0.0737. The molecule has 0 bridgehead atoms. The number of thiophene rings is 1. The molecule has 2 fully saturated rings. The molecule has 0 amide bonds. The van der Waals surface area contributed by atoms with Crippen LogP contribution in [0.15, 0.2) is 30.3 Å². The molecule has 0 N–H and O–H groups in total. The van der Waals surface area contributed by atoms with Gasteiger partial charge in [-0.1, -0.05) is 18.2 Å². The first-order chi connectivity index (χ1) is 9.79. The molecule has 106 valence electrons. The van der Waals surface area contributed by atoms with E-state index in [2.05, 4.69) is 47.1 Å². The maximum absolute atomic E-state index is 2.70. The van der Waals surface area contributed by atoms with Gasteiger partial charge in [0.25, 0.3) is 0 Å². The monoisotopic (exact) mass is 286 g/mol. The summed E-state index contributed by atoms with van der Waals surface area (Å²) in [5.41, 5.74) is 0. The Bertz CT molecular complexity index is 569. The molecule has 2 nitrogen and oxygen atoms in total. The Kier molecular flexibility index (Phi) is 3.29. The Labute approximate surface area is 125 Å². The summed E-state index contributed by atoms with van der Waals surface area (Å²) in [4.78, 5) is 6.87. The van der Waals surface area contributed by atoms with Gasteiger partial charge in [-0.15, -0.1) is 11.3 Å². The second kappa shape index (κ2) is 5.14. The van der Waals surface area contributed by atoms with Crippen molar-refractivity contribution >= 4 is 21.4 Å². The fourth-order valence-corrected chi connectivity index (χ4v) is 4.43. The zero-order valence-corrected chi connectivity index (χ0v) is 12.9. The maximum Gasteiger partial charge on any atom is 0.0346 e. The zero-order chi connectivity index (χ0) is 13.5. The van der Waals surface area contributed by atoms with Gasteiger partial charge in [0.2, 0.25) is 0 Å². The summed E-state index contributed by atoms with van der Waals surface area (Å²) in [6.07, 6.45) is 2.87. The molecule has 2 aromatic rings. The molecule has 0 radical (unpaired) electrons. The predicted molar refractivity (Wildman–Crippen MR) is 86.3 cm³/mol. The Balaban J connectivity index is 1.45. The summed E-state index contributed by atoms with van der Waals surface area (Å²) < 4.78 is 1.42. The second-order valence-electron chi connectivity index (χ2n) is 6.30. The van der Waals surface area contributed by atoms with Crippen LogP contribution in [0.4, 0.5) is 0 Å².